The molecule has 3 nitrogen and oxygen atoms in total. The van der Waals surface area contributed by atoms with Crippen molar-refractivity contribution >= 4 is 17.2 Å². The minimum atomic E-state index is -0.0444. The fourth-order valence-corrected chi connectivity index (χ4v) is 2.47. The van der Waals surface area contributed by atoms with Crippen molar-refractivity contribution in [3.05, 3.63) is 22.4 Å². The summed E-state index contributed by atoms with van der Waals surface area (Å²) in [7, 11) is 0. The van der Waals surface area contributed by atoms with Crippen molar-refractivity contribution in [2.24, 2.45) is 5.73 Å². The third kappa shape index (κ3) is 3.06. The van der Waals surface area contributed by atoms with Crippen LogP contribution < -0.4 is 5.73 Å². The Labute approximate surface area is 100 Å². The van der Waals surface area contributed by atoms with Crippen LogP contribution in [0.15, 0.2) is 17.5 Å². The number of carbonyl (C=O) groups excluding carboxylic acids is 1. The van der Waals surface area contributed by atoms with E-state index in [1.165, 1.54) is 4.88 Å². The Balaban J connectivity index is 1.97. The zero-order valence-corrected chi connectivity index (χ0v) is 10.4. The Morgan fingerprint density at radius 1 is 1.69 bits per heavy atom. The quantitative estimate of drug-likeness (QED) is 0.852. The lowest BCUT2D eigenvalue weighted by molar-refractivity contribution is -0.132. The van der Waals surface area contributed by atoms with Gasteiger partial charge in [-0.05, 0) is 31.2 Å². The minimum Gasteiger partial charge on any atom is -0.335 e. The third-order valence-electron chi connectivity index (χ3n) is 2.71. The molecule has 1 aliphatic carbocycles. The summed E-state index contributed by atoms with van der Waals surface area (Å²) in [6.45, 7) is 2.64. The van der Waals surface area contributed by atoms with Crippen LogP contribution in [0.25, 0.3) is 0 Å². The highest BCUT2D eigenvalue weighted by Gasteiger charge is 2.32. The molecule has 1 unspecified atom stereocenters. The summed E-state index contributed by atoms with van der Waals surface area (Å²) in [5.41, 5.74) is 5.68. The molecule has 4 heteroatoms. The van der Waals surface area contributed by atoms with Crippen molar-refractivity contribution in [2.75, 3.05) is 0 Å². The summed E-state index contributed by atoms with van der Waals surface area (Å²) in [4.78, 5) is 15.3. The molecule has 1 heterocycles. The Kier molecular flexibility index (Phi) is 3.61. The van der Waals surface area contributed by atoms with Crippen molar-refractivity contribution in [2.45, 2.75) is 44.8 Å². The van der Waals surface area contributed by atoms with Gasteiger partial charge >= 0.3 is 0 Å². The lowest BCUT2D eigenvalue weighted by atomic mass is 10.2. The predicted molar refractivity (Wildman–Crippen MR) is 66.2 cm³/mol. The molecule has 0 radical (unpaired) electrons. The standard InChI is InChI=1S/C12H18N2OS/c1-9(13)7-12(15)14(10-4-5-10)8-11-3-2-6-16-11/h2-3,6,9-10H,4-5,7-8,13H2,1H3. The van der Waals surface area contributed by atoms with E-state index < -0.39 is 0 Å². The van der Waals surface area contributed by atoms with E-state index in [0.717, 1.165) is 19.4 Å². The number of nitrogens with two attached hydrogens (primary N) is 1. The van der Waals surface area contributed by atoms with Gasteiger partial charge < -0.3 is 10.6 Å². The molecule has 16 heavy (non-hydrogen) atoms. The summed E-state index contributed by atoms with van der Waals surface area (Å²) in [6.07, 6.45) is 2.76. The van der Waals surface area contributed by atoms with Crippen LogP contribution in [0, 0.1) is 0 Å². The molecule has 0 spiro atoms. The number of thiophene rings is 1. The van der Waals surface area contributed by atoms with E-state index in [0.29, 0.717) is 12.5 Å². The third-order valence-corrected chi connectivity index (χ3v) is 3.57. The van der Waals surface area contributed by atoms with Crippen LogP contribution in [0.1, 0.15) is 31.1 Å². The average molecular weight is 238 g/mol. The highest BCUT2D eigenvalue weighted by atomic mass is 32.1. The highest BCUT2D eigenvalue weighted by molar-refractivity contribution is 7.09. The Bertz CT molecular complexity index is 344. The molecule has 0 bridgehead atoms. The first-order valence-electron chi connectivity index (χ1n) is 5.74. The summed E-state index contributed by atoms with van der Waals surface area (Å²) >= 11 is 1.71. The molecule has 0 aromatic carbocycles. The van der Waals surface area contributed by atoms with Gasteiger partial charge in [-0.15, -0.1) is 11.3 Å². The van der Waals surface area contributed by atoms with Gasteiger partial charge in [0.2, 0.25) is 5.91 Å². The molecule has 1 fully saturated rings. The predicted octanol–water partition coefficient (Wildman–Crippen LogP) is 1.98. The molecule has 0 aliphatic heterocycles. The molecule has 0 saturated heterocycles. The van der Waals surface area contributed by atoms with Crippen molar-refractivity contribution in [3.8, 4) is 0 Å². The van der Waals surface area contributed by atoms with Gasteiger partial charge in [0.1, 0.15) is 0 Å². The lowest BCUT2D eigenvalue weighted by Gasteiger charge is -2.22. The van der Waals surface area contributed by atoms with E-state index >= 15 is 0 Å². The number of rotatable bonds is 5. The number of hydrogen-bond acceptors (Lipinski definition) is 3. The van der Waals surface area contributed by atoms with Gasteiger partial charge in [0, 0.05) is 23.4 Å². The molecule has 1 aliphatic rings. The zero-order valence-electron chi connectivity index (χ0n) is 9.56. The van der Waals surface area contributed by atoms with Crippen molar-refractivity contribution in [3.63, 3.8) is 0 Å². The van der Waals surface area contributed by atoms with Crippen LogP contribution in [0.3, 0.4) is 0 Å². The van der Waals surface area contributed by atoms with E-state index in [-0.39, 0.29) is 11.9 Å². The van der Waals surface area contributed by atoms with Crippen molar-refractivity contribution in [1.29, 1.82) is 0 Å². The van der Waals surface area contributed by atoms with Crippen molar-refractivity contribution in [1.82, 2.24) is 4.90 Å². The second kappa shape index (κ2) is 4.97. The maximum Gasteiger partial charge on any atom is 0.224 e. The largest absolute Gasteiger partial charge is 0.335 e. The first kappa shape index (κ1) is 11.6. The fourth-order valence-electron chi connectivity index (χ4n) is 1.77. The van der Waals surface area contributed by atoms with Gasteiger partial charge in [-0.3, -0.25) is 4.79 Å². The lowest BCUT2D eigenvalue weighted by Crippen LogP contribution is -2.35. The van der Waals surface area contributed by atoms with Crippen LogP contribution in [-0.4, -0.2) is 22.9 Å². The molecular formula is C12H18N2OS. The number of amides is 1. The van der Waals surface area contributed by atoms with Gasteiger partial charge in [-0.1, -0.05) is 6.07 Å². The molecule has 2 N–H and O–H groups in total. The van der Waals surface area contributed by atoms with Gasteiger partial charge in [-0.2, -0.15) is 0 Å². The average Bonchev–Trinajstić information content (AvgIpc) is 2.91. The van der Waals surface area contributed by atoms with E-state index in [1.807, 2.05) is 17.9 Å². The fraction of sp³-hybridized carbons (Fsp3) is 0.583. The summed E-state index contributed by atoms with van der Waals surface area (Å²) in [5.74, 6) is 0.200. The van der Waals surface area contributed by atoms with Crippen molar-refractivity contribution < 1.29 is 4.79 Å². The normalized spacial score (nSPS) is 17.1. The molecule has 2 rings (SSSR count). The molecule has 1 saturated carbocycles. The second-order valence-corrected chi connectivity index (χ2v) is 5.55. The van der Waals surface area contributed by atoms with Crippen LogP contribution in [0.5, 0.6) is 0 Å². The Morgan fingerprint density at radius 2 is 2.44 bits per heavy atom. The highest BCUT2D eigenvalue weighted by Crippen LogP contribution is 2.29. The molecule has 1 amide bonds. The van der Waals surface area contributed by atoms with Gasteiger partial charge in [-0.25, -0.2) is 0 Å². The second-order valence-electron chi connectivity index (χ2n) is 4.51. The summed E-state index contributed by atoms with van der Waals surface area (Å²) < 4.78 is 0. The Morgan fingerprint density at radius 3 is 2.94 bits per heavy atom. The first-order valence-corrected chi connectivity index (χ1v) is 6.62. The van der Waals surface area contributed by atoms with Gasteiger partial charge in [0.25, 0.3) is 0 Å². The molecule has 1 atom stereocenters. The first-order chi connectivity index (χ1) is 7.66. The topological polar surface area (TPSA) is 46.3 Å². The van der Waals surface area contributed by atoms with Gasteiger partial charge in [0.15, 0.2) is 0 Å². The van der Waals surface area contributed by atoms with E-state index in [4.69, 9.17) is 5.73 Å². The van der Waals surface area contributed by atoms with E-state index in [2.05, 4.69) is 11.4 Å². The smallest absolute Gasteiger partial charge is 0.224 e. The van der Waals surface area contributed by atoms with E-state index in [1.54, 1.807) is 11.3 Å². The van der Waals surface area contributed by atoms with Crippen LogP contribution >= 0.6 is 11.3 Å². The maximum absolute atomic E-state index is 12.0. The van der Waals surface area contributed by atoms with Crippen LogP contribution in [0.2, 0.25) is 0 Å². The zero-order chi connectivity index (χ0) is 11.5. The van der Waals surface area contributed by atoms with Gasteiger partial charge in [0.05, 0.1) is 6.54 Å². The number of carbonyl (C=O) groups is 1. The molecular weight excluding hydrogens is 220 g/mol. The summed E-state index contributed by atoms with van der Waals surface area (Å²) in [6, 6.07) is 4.53. The maximum atomic E-state index is 12.0. The Hall–Kier alpha value is -0.870. The molecule has 1 aromatic heterocycles. The molecule has 1 aromatic rings. The number of hydrogen-bond donors (Lipinski definition) is 1. The number of nitrogens with zero attached hydrogens (tertiary/aromatic N) is 1. The van der Waals surface area contributed by atoms with E-state index in [9.17, 15) is 4.79 Å². The monoisotopic (exact) mass is 238 g/mol. The van der Waals surface area contributed by atoms with Crippen LogP contribution in [0.4, 0.5) is 0 Å². The SMILES string of the molecule is CC(N)CC(=O)N(Cc1cccs1)C1CC1. The summed E-state index contributed by atoms with van der Waals surface area (Å²) in [5, 5.41) is 2.05. The van der Waals surface area contributed by atoms with Crippen LogP contribution in [-0.2, 0) is 11.3 Å². The minimum absolute atomic E-state index is 0.0444. The molecule has 88 valence electrons.